The number of aromatic hydroxyl groups is 1. The van der Waals surface area contributed by atoms with Crippen LogP contribution in [-0.4, -0.2) is 68.5 Å². The number of aliphatic hydroxyl groups excluding tert-OH is 2. The molecule has 176 valence electrons. The van der Waals surface area contributed by atoms with E-state index in [1.165, 1.54) is 11.0 Å². The number of phenols is 1. The summed E-state index contributed by atoms with van der Waals surface area (Å²) in [5, 5.41) is 45.8. The maximum absolute atomic E-state index is 13.6. The number of carbonyl (C=O) groups excluding carboxylic acids is 3. The maximum atomic E-state index is 13.6. The highest BCUT2D eigenvalue weighted by atomic mass is 16.3. The van der Waals surface area contributed by atoms with Crippen molar-refractivity contribution < 1.29 is 34.8 Å². The topological polar surface area (TPSA) is 161 Å². The van der Waals surface area contributed by atoms with Gasteiger partial charge in [0.25, 0.3) is 5.91 Å². The molecule has 5 rings (SSSR count). The number of phenolic OH excluding ortho intramolecular Hbond substituents is 1. The third-order valence-electron chi connectivity index (χ3n) is 7.45. The molecule has 2 unspecified atom stereocenters. The number of nitrogens with two attached hydrogens (primary N) is 1. The van der Waals surface area contributed by atoms with Gasteiger partial charge in [-0.15, -0.1) is 0 Å². The second-order valence-corrected chi connectivity index (χ2v) is 9.43. The second-order valence-electron chi connectivity index (χ2n) is 9.43. The Morgan fingerprint density at radius 2 is 1.82 bits per heavy atom. The zero-order valence-corrected chi connectivity index (χ0v) is 18.6. The van der Waals surface area contributed by atoms with Gasteiger partial charge in [-0.2, -0.15) is 0 Å². The van der Waals surface area contributed by atoms with Crippen LogP contribution < -0.4 is 5.73 Å². The van der Waals surface area contributed by atoms with E-state index in [0.29, 0.717) is 5.56 Å². The first-order chi connectivity index (χ1) is 16.0. The van der Waals surface area contributed by atoms with Crippen molar-refractivity contribution in [1.29, 1.82) is 0 Å². The Hall–Kier alpha value is -3.69. The van der Waals surface area contributed by atoms with Crippen LogP contribution >= 0.6 is 0 Å². The SMILES string of the molecule is CN(C)[C@@H]1C(O)=C(C(N)=O)C(=O)[C@@]2(O)C(O)=C3C(=O)c4c(O)cc5ccccc5c4CC3CC12. The molecule has 34 heavy (non-hydrogen) atoms. The molecule has 9 nitrogen and oxygen atoms in total. The van der Waals surface area contributed by atoms with E-state index in [2.05, 4.69) is 0 Å². The summed E-state index contributed by atoms with van der Waals surface area (Å²) in [6.45, 7) is 0. The van der Waals surface area contributed by atoms with Crippen molar-refractivity contribution in [2.24, 2.45) is 17.6 Å². The molecule has 0 radical (unpaired) electrons. The van der Waals surface area contributed by atoms with Gasteiger partial charge in [0.1, 0.15) is 22.8 Å². The van der Waals surface area contributed by atoms with E-state index in [-0.39, 0.29) is 29.7 Å². The fourth-order valence-corrected chi connectivity index (χ4v) is 6.02. The Kier molecular flexibility index (Phi) is 4.65. The van der Waals surface area contributed by atoms with Crippen molar-refractivity contribution in [1.82, 2.24) is 4.90 Å². The minimum Gasteiger partial charge on any atom is -0.510 e. The molecule has 0 saturated carbocycles. The van der Waals surface area contributed by atoms with E-state index in [1.54, 1.807) is 14.1 Å². The molecule has 6 N–H and O–H groups in total. The highest BCUT2D eigenvalue weighted by Crippen LogP contribution is 2.52. The van der Waals surface area contributed by atoms with Gasteiger partial charge in [0.05, 0.1) is 11.6 Å². The first kappa shape index (κ1) is 22.1. The predicted molar refractivity (Wildman–Crippen MR) is 121 cm³/mol. The summed E-state index contributed by atoms with van der Waals surface area (Å²) in [5.74, 6) is -6.51. The monoisotopic (exact) mass is 464 g/mol. The van der Waals surface area contributed by atoms with Crippen LogP contribution in [0.3, 0.4) is 0 Å². The Balaban J connectivity index is 1.76. The standard InChI is InChI=1S/C25H24N2O7/c1-27(2)19-14-8-11-7-13-12-6-4-3-5-10(12)9-15(28)17(13)20(29)16(11)22(31)25(14,34)23(32)18(21(19)30)24(26)33/h3-6,9,11,14,19,28,30-31,34H,7-8H2,1-2H3,(H2,26,33)/t11?,14?,19-,25-/m0/s1. The minimum atomic E-state index is -2.63. The summed E-state index contributed by atoms with van der Waals surface area (Å²) in [6.07, 6.45) is 0.333. The molecule has 9 heteroatoms. The van der Waals surface area contributed by atoms with Crippen molar-refractivity contribution >= 4 is 28.2 Å². The largest absolute Gasteiger partial charge is 0.510 e. The fourth-order valence-electron chi connectivity index (χ4n) is 6.02. The Labute approximate surface area is 194 Å². The number of Topliss-reactive ketones (excluding diaryl/α,β-unsaturated/α-hetero) is 2. The van der Waals surface area contributed by atoms with Crippen LogP contribution in [0.5, 0.6) is 5.75 Å². The first-order valence-corrected chi connectivity index (χ1v) is 10.9. The number of primary amides is 1. The molecule has 4 atom stereocenters. The number of allylic oxidation sites excluding steroid dienone is 1. The maximum Gasteiger partial charge on any atom is 0.255 e. The second kappa shape index (κ2) is 7.15. The molecule has 0 heterocycles. The summed E-state index contributed by atoms with van der Waals surface area (Å²) in [7, 11) is 3.19. The summed E-state index contributed by atoms with van der Waals surface area (Å²) >= 11 is 0. The van der Waals surface area contributed by atoms with Gasteiger partial charge in [0.15, 0.2) is 11.4 Å². The van der Waals surface area contributed by atoms with Crippen LogP contribution in [-0.2, 0) is 16.0 Å². The average Bonchev–Trinajstić information content (AvgIpc) is 2.75. The zero-order chi connectivity index (χ0) is 24.7. The van der Waals surface area contributed by atoms with E-state index in [4.69, 9.17) is 5.73 Å². The van der Waals surface area contributed by atoms with E-state index in [1.807, 2.05) is 24.3 Å². The number of likely N-dealkylation sites (N-methyl/N-ethyl adjacent to an activating group) is 1. The quantitative estimate of drug-likeness (QED) is 0.415. The van der Waals surface area contributed by atoms with Crippen LogP contribution in [0.4, 0.5) is 0 Å². The lowest BCUT2D eigenvalue weighted by Gasteiger charge is -2.50. The summed E-state index contributed by atoms with van der Waals surface area (Å²) in [4.78, 5) is 40.3. The summed E-state index contributed by atoms with van der Waals surface area (Å²) in [5.41, 5.74) is 2.35. The zero-order valence-electron chi connectivity index (χ0n) is 18.6. The number of carbonyl (C=O) groups is 3. The highest BCUT2D eigenvalue weighted by molar-refractivity contribution is 6.25. The summed E-state index contributed by atoms with van der Waals surface area (Å²) in [6, 6.07) is 7.75. The molecule has 0 spiro atoms. The number of ketones is 2. The molecular formula is C25H24N2O7. The van der Waals surface area contributed by atoms with E-state index in [9.17, 15) is 34.8 Å². The van der Waals surface area contributed by atoms with Gasteiger partial charge in [-0.05, 0) is 55.3 Å². The minimum absolute atomic E-state index is 0.0134. The van der Waals surface area contributed by atoms with Gasteiger partial charge in [-0.1, -0.05) is 24.3 Å². The molecule has 0 aliphatic heterocycles. The van der Waals surface area contributed by atoms with Gasteiger partial charge < -0.3 is 26.2 Å². The molecule has 1 amide bonds. The van der Waals surface area contributed by atoms with Crippen LogP contribution in [0.25, 0.3) is 10.8 Å². The van der Waals surface area contributed by atoms with Gasteiger partial charge in [-0.3, -0.25) is 19.3 Å². The third kappa shape index (κ3) is 2.65. The Morgan fingerprint density at radius 3 is 2.47 bits per heavy atom. The molecule has 0 fully saturated rings. The van der Waals surface area contributed by atoms with Crippen molar-refractivity contribution in [3.63, 3.8) is 0 Å². The number of hydrogen-bond donors (Lipinski definition) is 5. The van der Waals surface area contributed by atoms with E-state index >= 15 is 0 Å². The first-order valence-electron chi connectivity index (χ1n) is 10.9. The molecule has 0 aromatic heterocycles. The van der Waals surface area contributed by atoms with Gasteiger partial charge in [0, 0.05) is 11.5 Å². The number of aliphatic hydroxyl groups is 3. The van der Waals surface area contributed by atoms with Gasteiger partial charge >= 0.3 is 0 Å². The van der Waals surface area contributed by atoms with Crippen LogP contribution in [0.1, 0.15) is 22.3 Å². The Bertz CT molecular complexity index is 1370. The fraction of sp³-hybridized carbons (Fsp3) is 0.320. The molecule has 0 bridgehead atoms. The summed E-state index contributed by atoms with van der Waals surface area (Å²) < 4.78 is 0. The number of nitrogens with zero attached hydrogens (tertiary/aromatic N) is 1. The average molecular weight is 464 g/mol. The van der Waals surface area contributed by atoms with Gasteiger partial charge in [0.2, 0.25) is 5.78 Å². The molecule has 3 aliphatic carbocycles. The van der Waals surface area contributed by atoms with Crippen molar-refractivity contribution in [2.75, 3.05) is 14.1 Å². The highest BCUT2D eigenvalue weighted by Gasteiger charge is 2.63. The smallest absolute Gasteiger partial charge is 0.255 e. The number of hydrogen-bond acceptors (Lipinski definition) is 8. The van der Waals surface area contributed by atoms with Crippen LogP contribution in [0, 0.1) is 11.8 Å². The molecular weight excluding hydrogens is 440 g/mol. The number of rotatable bonds is 2. The van der Waals surface area contributed by atoms with Crippen molar-refractivity contribution in [3.05, 3.63) is 64.1 Å². The van der Waals surface area contributed by atoms with Crippen LogP contribution in [0.2, 0.25) is 0 Å². The normalized spacial score (nSPS) is 28.8. The molecule has 2 aromatic rings. The van der Waals surface area contributed by atoms with Crippen LogP contribution in [0.15, 0.2) is 53.0 Å². The third-order valence-corrected chi connectivity index (χ3v) is 7.45. The number of fused-ring (bicyclic) bond motifs is 5. The molecule has 3 aliphatic rings. The van der Waals surface area contributed by atoms with E-state index in [0.717, 1.165) is 10.8 Å². The Morgan fingerprint density at radius 1 is 1.15 bits per heavy atom. The van der Waals surface area contributed by atoms with Crippen molar-refractivity contribution in [3.8, 4) is 5.75 Å². The lowest BCUT2D eigenvalue weighted by atomic mass is 9.58. The van der Waals surface area contributed by atoms with E-state index < -0.39 is 58.0 Å². The molecule has 2 aromatic carbocycles. The number of benzene rings is 2. The molecule has 0 saturated heterocycles. The van der Waals surface area contributed by atoms with Crippen molar-refractivity contribution in [2.45, 2.75) is 24.5 Å². The lowest BCUT2D eigenvalue weighted by Crippen LogP contribution is -2.63. The van der Waals surface area contributed by atoms with Gasteiger partial charge in [-0.25, -0.2) is 0 Å². The predicted octanol–water partition coefficient (Wildman–Crippen LogP) is 1.27. The lowest BCUT2D eigenvalue weighted by molar-refractivity contribution is -0.148. The number of amides is 1.